The standard InChI is InChI=1S/C18H22N4O/c1-21-10-17(20-11-21)15-8-22(9-16(15)19)18(23)14-7-3-5-12-4-2-6-13(12)14/h3,5,7,10-11,15-16H,2,4,6,8-9,19H2,1H3/t15-,16-/m1/s1. The number of carbonyl (C=O) groups excluding carboxylic acids is 1. The van der Waals surface area contributed by atoms with Crippen molar-refractivity contribution in [2.24, 2.45) is 12.8 Å². The van der Waals surface area contributed by atoms with Gasteiger partial charge < -0.3 is 15.2 Å². The van der Waals surface area contributed by atoms with Gasteiger partial charge in [0, 0.05) is 43.9 Å². The van der Waals surface area contributed by atoms with Crippen LogP contribution in [0.5, 0.6) is 0 Å². The molecule has 0 bridgehead atoms. The minimum absolute atomic E-state index is 0.0504. The fourth-order valence-electron chi connectivity index (χ4n) is 3.92. The molecule has 2 heterocycles. The number of aryl methyl sites for hydroxylation is 2. The maximum atomic E-state index is 13.0. The molecule has 1 amide bonds. The summed E-state index contributed by atoms with van der Waals surface area (Å²) in [6.45, 7) is 1.25. The Kier molecular flexibility index (Phi) is 3.45. The molecule has 1 aliphatic carbocycles. The molecule has 5 heteroatoms. The van der Waals surface area contributed by atoms with Crippen LogP contribution in [0.4, 0.5) is 0 Å². The molecule has 1 aromatic heterocycles. The number of aromatic nitrogens is 2. The Morgan fingerprint density at radius 1 is 1.30 bits per heavy atom. The smallest absolute Gasteiger partial charge is 0.254 e. The molecule has 0 spiro atoms. The van der Waals surface area contributed by atoms with Crippen molar-refractivity contribution in [3.8, 4) is 0 Å². The first-order valence-electron chi connectivity index (χ1n) is 8.27. The molecule has 4 rings (SSSR count). The number of rotatable bonds is 2. The average Bonchev–Trinajstić information content (AvgIpc) is 3.25. The SMILES string of the molecule is Cn1cnc([C@@H]2CN(C(=O)c3cccc4c3CCC4)C[C@H]2N)c1. The molecular weight excluding hydrogens is 288 g/mol. The summed E-state index contributed by atoms with van der Waals surface area (Å²) in [5, 5.41) is 0. The van der Waals surface area contributed by atoms with Crippen molar-refractivity contribution < 1.29 is 4.79 Å². The first-order chi connectivity index (χ1) is 11.1. The van der Waals surface area contributed by atoms with Crippen LogP contribution in [0.3, 0.4) is 0 Å². The molecule has 1 aromatic carbocycles. The highest BCUT2D eigenvalue weighted by Crippen LogP contribution is 2.30. The third-order valence-corrected chi connectivity index (χ3v) is 5.13. The molecule has 2 atom stereocenters. The lowest BCUT2D eigenvalue weighted by Crippen LogP contribution is -2.32. The van der Waals surface area contributed by atoms with Crippen LogP contribution in [0.2, 0.25) is 0 Å². The second-order valence-electron chi connectivity index (χ2n) is 6.74. The van der Waals surface area contributed by atoms with Crippen LogP contribution >= 0.6 is 0 Å². The van der Waals surface area contributed by atoms with E-state index in [0.717, 1.165) is 30.5 Å². The Bertz CT molecular complexity index is 751. The molecule has 1 saturated heterocycles. The van der Waals surface area contributed by atoms with Crippen LogP contribution < -0.4 is 5.73 Å². The number of hydrogen-bond donors (Lipinski definition) is 1. The maximum Gasteiger partial charge on any atom is 0.254 e. The van der Waals surface area contributed by atoms with Crippen LogP contribution in [0, 0.1) is 0 Å². The van der Waals surface area contributed by atoms with E-state index >= 15 is 0 Å². The number of carbonyl (C=O) groups is 1. The molecule has 0 saturated carbocycles. The Balaban J connectivity index is 1.58. The quantitative estimate of drug-likeness (QED) is 0.914. The lowest BCUT2D eigenvalue weighted by atomic mass is 10.0. The highest BCUT2D eigenvalue weighted by atomic mass is 16.2. The van der Waals surface area contributed by atoms with E-state index in [-0.39, 0.29) is 17.9 Å². The Hall–Kier alpha value is -2.14. The van der Waals surface area contributed by atoms with E-state index in [4.69, 9.17) is 5.73 Å². The zero-order chi connectivity index (χ0) is 16.0. The van der Waals surface area contributed by atoms with Crippen LogP contribution in [0.15, 0.2) is 30.7 Å². The van der Waals surface area contributed by atoms with Gasteiger partial charge in [0.2, 0.25) is 0 Å². The van der Waals surface area contributed by atoms with Gasteiger partial charge in [-0.25, -0.2) is 4.98 Å². The van der Waals surface area contributed by atoms with Crippen LogP contribution in [0.25, 0.3) is 0 Å². The second-order valence-corrected chi connectivity index (χ2v) is 6.74. The van der Waals surface area contributed by atoms with E-state index in [2.05, 4.69) is 11.1 Å². The predicted molar refractivity (Wildman–Crippen MR) is 88.3 cm³/mol. The summed E-state index contributed by atoms with van der Waals surface area (Å²) in [4.78, 5) is 19.3. The fourth-order valence-corrected chi connectivity index (χ4v) is 3.92. The summed E-state index contributed by atoms with van der Waals surface area (Å²) in [5.74, 6) is 0.245. The van der Waals surface area contributed by atoms with E-state index in [1.54, 1.807) is 6.33 Å². The number of amides is 1. The Morgan fingerprint density at radius 3 is 2.96 bits per heavy atom. The van der Waals surface area contributed by atoms with Crippen LogP contribution in [-0.2, 0) is 19.9 Å². The van der Waals surface area contributed by atoms with Crippen molar-refractivity contribution in [2.45, 2.75) is 31.2 Å². The average molecular weight is 310 g/mol. The van der Waals surface area contributed by atoms with Gasteiger partial charge in [0.1, 0.15) is 0 Å². The van der Waals surface area contributed by atoms with E-state index in [0.29, 0.717) is 13.1 Å². The predicted octanol–water partition coefficient (Wildman–Crippen LogP) is 1.48. The van der Waals surface area contributed by atoms with Gasteiger partial charge in [-0.15, -0.1) is 0 Å². The third kappa shape index (κ3) is 2.45. The molecule has 120 valence electrons. The number of nitrogens with two attached hydrogens (primary N) is 1. The van der Waals surface area contributed by atoms with Gasteiger partial charge in [-0.05, 0) is 36.5 Å². The zero-order valence-electron chi connectivity index (χ0n) is 13.4. The van der Waals surface area contributed by atoms with Crippen molar-refractivity contribution >= 4 is 5.91 Å². The summed E-state index contributed by atoms with van der Waals surface area (Å²) >= 11 is 0. The summed E-state index contributed by atoms with van der Waals surface area (Å²) in [5.41, 5.74) is 10.7. The highest BCUT2D eigenvalue weighted by Gasteiger charge is 2.36. The zero-order valence-corrected chi connectivity index (χ0v) is 13.4. The van der Waals surface area contributed by atoms with Gasteiger partial charge in [-0.2, -0.15) is 0 Å². The van der Waals surface area contributed by atoms with Crippen molar-refractivity contribution in [1.82, 2.24) is 14.5 Å². The minimum Gasteiger partial charge on any atom is -0.340 e. The van der Waals surface area contributed by atoms with E-state index in [9.17, 15) is 4.79 Å². The second kappa shape index (κ2) is 5.49. The number of benzene rings is 1. The Labute approximate surface area is 136 Å². The van der Waals surface area contributed by atoms with Crippen molar-refractivity contribution in [3.63, 3.8) is 0 Å². The van der Waals surface area contributed by atoms with Gasteiger partial charge >= 0.3 is 0 Å². The van der Waals surface area contributed by atoms with Gasteiger partial charge in [0.05, 0.1) is 12.0 Å². The largest absolute Gasteiger partial charge is 0.340 e. The minimum atomic E-state index is -0.0504. The van der Waals surface area contributed by atoms with Gasteiger partial charge in [0.15, 0.2) is 0 Å². The fraction of sp³-hybridized carbons (Fsp3) is 0.444. The van der Waals surface area contributed by atoms with Crippen LogP contribution in [-0.4, -0.2) is 39.5 Å². The van der Waals surface area contributed by atoms with Gasteiger partial charge in [-0.1, -0.05) is 12.1 Å². The molecular formula is C18H22N4O. The number of imidazole rings is 1. The molecule has 2 aromatic rings. The van der Waals surface area contributed by atoms with E-state index < -0.39 is 0 Å². The molecule has 23 heavy (non-hydrogen) atoms. The van der Waals surface area contributed by atoms with Gasteiger partial charge in [-0.3, -0.25) is 4.79 Å². The first-order valence-corrected chi connectivity index (χ1v) is 8.27. The molecule has 1 aliphatic heterocycles. The highest BCUT2D eigenvalue weighted by molar-refractivity contribution is 5.96. The number of nitrogens with zero attached hydrogens (tertiary/aromatic N) is 3. The molecule has 0 unspecified atom stereocenters. The number of likely N-dealkylation sites (tertiary alicyclic amines) is 1. The monoisotopic (exact) mass is 310 g/mol. The normalized spacial score (nSPS) is 23.3. The lowest BCUT2D eigenvalue weighted by Gasteiger charge is -2.18. The summed E-state index contributed by atoms with van der Waals surface area (Å²) < 4.78 is 1.93. The maximum absolute atomic E-state index is 13.0. The first kappa shape index (κ1) is 14.5. The topological polar surface area (TPSA) is 64.2 Å². The Morgan fingerprint density at radius 2 is 2.17 bits per heavy atom. The third-order valence-electron chi connectivity index (χ3n) is 5.13. The van der Waals surface area contributed by atoms with E-state index in [1.807, 2.05) is 34.8 Å². The lowest BCUT2D eigenvalue weighted by molar-refractivity contribution is 0.0788. The van der Waals surface area contributed by atoms with E-state index in [1.165, 1.54) is 11.1 Å². The van der Waals surface area contributed by atoms with Crippen molar-refractivity contribution in [2.75, 3.05) is 13.1 Å². The van der Waals surface area contributed by atoms with Crippen LogP contribution in [0.1, 0.15) is 39.5 Å². The number of fused-ring (bicyclic) bond motifs is 1. The van der Waals surface area contributed by atoms with Gasteiger partial charge in [0.25, 0.3) is 5.91 Å². The number of hydrogen-bond acceptors (Lipinski definition) is 3. The molecule has 1 fully saturated rings. The molecule has 0 radical (unpaired) electrons. The molecule has 2 aliphatic rings. The summed E-state index contributed by atoms with van der Waals surface area (Å²) in [6, 6.07) is 6.06. The molecule has 2 N–H and O–H groups in total. The summed E-state index contributed by atoms with van der Waals surface area (Å²) in [7, 11) is 1.95. The molecule has 5 nitrogen and oxygen atoms in total. The van der Waals surface area contributed by atoms with Crippen molar-refractivity contribution in [3.05, 3.63) is 53.1 Å². The van der Waals surface area contributed by atoms with Crippen molar-refractivity contribution in [1.29, 1.82) is 0 Å². The summed E-state index contributed by atoms with van der Waals surface area (Å²) in [6.07, 6.45) is 7.04.